The van der Waals surface area contributed by atoms with Crippen LogP contribution >= 0.6 is 0 Å². The fourth-order valence-electron chi connectivity index (χ4n) is 2.10. The van der Waals surface area contributed by atoms with E-state index in [0.717, 1.165) is 26.0 Å². The van der Waals surface area contributed by atoms with Gasteiger partial charge in [0.15, 0.2) is 0 Å². The molecule has 0 bridgehead atoms. The SMILES string of the molecule is CC(C)COCCNC(=O)C1CCCNC1C. The van der Waals surface area contributed by atoms with Crippen molar-refractivity contribution in [2.45, 2.75) is 39.7 Å². The number of hydrogen-bond acceptors (Lipinski definition) is 3. The summed E-state index contributed by atoms with van der Waals surface area (Å²) < 4.78 is 5.43. The summed E-state index contributed by atoms with van der Waals surface area (Å²) in [5.74, 6) is 0.833. The highest BCUT2D eigenvalue weighted by atomic mass is 16.5. The minimum absolute atomic E-state index is 0.119. The average Bonchev–Trinajstić information content (AvgIpc) is 2.28. The Morgan fingerprint density at radius 1 is 1.53 bits per heavy atom. The van der Waals surface area contributed by atoms with E-state index in [1.807, 2.05) is 0 Å². The maximum atomic E-state index is 11.9. The van der Waals surface area contributed by atoms with Crippen LogP contribution in [0.3, 0.4) is 0 Å². The third kappa shape index (κ3) is 5.50. The number of nitrogens with one attached hydrogen (secondary N) is 2. The van der Waals surface area contributed by atoms with Crippen LogP contribution in [0.5, 0.6) is 0 Å². The van der Waals surface area contributed by atoms with Crippen LogP contribution in [0.4, 0.5) is 0 Å². The number of hydrogen-bond donors (Lipinski definition) is 2. The minimum Gasteiger partial charge on any atom is -0.379 e. The summed E-state index contributed by atoms with van der Waals surface area (Å²) in [5.41, 5.74) is 0. The first kappa shape index (κ1) is 14.5. The normalized spacial score (nSPS) is 24.9. The van der Waals surface area contributed by atoms with Crippen molar-refractivity contribution in [3.8, 4) is 0 Å². The molecule has 0 radical (unpaired) electrons. The molecule has 0 aliphatic carbocycles. The largest absolute Gasteiger partial charge is 0.379 e. The predicted molar refractivity (Wildman–Crippen MR) is 68.9 cm³/mol. The van der Waals surface area contributed by atoms with Gasteiger partial charge in [-0.1, -0.05) is 13.8 Å². The summed E-state index contributed by atoms with van der Waals surface area (Å²) >= 11 is 0. The van der Waals surface area contributed by atoms with Gasteiger partial charge < -0.3 is 15.4 Å². The molecule has 1 heterocycles. The Kier molecular flexibility index (Phi) is 6.52. The highest BCUT2D eigenvalue weighted by Gasteiger charge is 2.26. The van der Waals surface area contributed by atoms with Gasteiger partial charge in [0, 0.05) is 19.2 Å². The van der Waals surface area contributed by atoms with E-state index in [4.69, 9.17) is 4.74 Å². The van der Waals surface area contributed by atoms with Crippen molar-refractivity contribution in [3.05, 3.63) is 0 Å². The Balaban J connectivity index is 2.11. The van der Waals surface area contributed by atoms with Crippen LogP contribution in [0.25, 0.3) is 0 Å². The van der Waals surface area contributed by atoms with Crippen molar-refractivity contribution in [1.29, 1.82) is 0 Å². The molecule has 1 rings (SSSR count). The maximum absolute atomic E-state index is 11.9. The number of piperidine rings is 1. The van der Waals surface area contributed by atoms with Gasteiger partial charge in [0.25, 0.3) is 0 Å². The molecule has 17 heavy (non-hydrogen) atoms. The smallest absolute Gasteiger partial charge is 0.224 e. The summed E-state index contributed by atoms with van der Waals surface area (Å²) in [7, 11) is 0. The Bertz CT molecular complexity index is 231. The van der Waals surface area contributed by atoms with Crippen LogP contribution in [0, 0.1) is 11.8 Å². The van der Waals surface area contributed by atoms with Crippen molar-refractivity contribution in [2.24, 2.45) is 11.8 Å². The van der Waals surface area contributed by atoms with E-state index in [1.54, 1.807) is 0 Å². The van der Waals surface area contributed by atoms with Crippen molar-refractivity contribution in [2.75, 3.05) is 26.3 Å². The lowest BCUT2D eigenvalue weighted by Gasteiger charge is -2.28. The van der Waals surface area contributed by atoms with E-state index in [1.165, 1.54) is 0 Å². The van der Waals surface area contributed by atoms with Crippen LogP contribution < -0.4 is 10.6 Å². The molecule has 0 saturated carbocycles. The second-order valence-electron chi connectivity index (χ2n) is 5.25. The van der Waals surface area contributed by atoms with Gasteiger partial charge in [-0.2, -0.15) is 0 Å². The Morgan fingerprint density at radius 2 is 2.29 bits per heavy atom. The highest BCUT2D eigenvalue weighted by molar-refractivity contribution is 5.79. The molecule has 0 aromatic heterocycles. The molecule has 2 unspecified atom stereocenters. The average molecular weight is 242 g/mol. The molecule has 2 atom stereocenters. The summed E-state index contributed by atoms with van der Waals surface area (Å²) in [4.78, 5) is 11.9. The van der Waals surface area contributed by atoms with Crippen LogP contribution in [0.2, 0.25) is 0 Å². The van der Waals surface area contributed by atoms with Gasteiger partial charge in [0.2, 0.25) is 5.91 Å². The zero-order valence-corrected chi connectivity index (χ0v) is 11.3. The number of carbonyl (C=O) groups is 1. The molecule has 1 aliphatic rings. The van der Waals surface area contributed by atoms with E-state index < -0.39 is 0 Å². The monoisotopic (exact) mass is 242 g/mol. The fraction of sp³-hybridized carbons (Fsp3) is 0.923. The summed E-state index contributed by atoms with van der Waals surface area (Å²) in [5, 5.41) is 6.29. The predicted octanol–water partition coefficient (Wildman–Crippen LogP) is 1.16. The van der Waals surface area contributed by atoms with Gasteiger partial charge in [-0.25, -0.2) is 0 Å². The van der Waals surface area contributed by atoms with E-state index in [0.29, 0.717) is 25.1 Å². The van der Waals surface area contributed by atoms with Crippen molar-refractivity contribution in [3.63, 3.8) is 0 Å². The number of carbonyl (C=O) groups excluding carboxylic acids is 1. The molecule has 1 amide bonds. The molecular weight excluding hydrogens is 216 g/mol. The molecule has 1 fully saturated rings. The first-order valence-electron chi connectivity index (χ1n) is 6.70. The van der Waals surface area contributed by atoms with Gasteiger partial charge in [-0.15, -0.1) is 0 Å². The molecule has 0 aromatic rings. The third-order valence-electron chi connectivity index (χ3n) is 3.10. The highest BCUT2D eigenvalue weighted by Crippen LogP contribution is 2.15. The van der Waals surface area contributed by atoms with E-state index in [2.05, 4.69) is 31.4 Å². The van der Waals surface area contributed by atoms with Crippen LogP contribution in [-0.4, -0.2) is 38.3 Å². The molecule has 100 valence electrons. The number of amides is 1. The van der Waals surface area contributed by atoms with Crippen molar-refractivity contribution in [1.82, 2.24) is 10.6 Å². The van der Waals surface area contributed by atoms with E-state index in [9.17, 15) is 4.79 Å². The van der Waals surface area contributed by atoms with Gasteiger partial charge in [0.1, 0.15) is 0 Å². The van der Waals surface area contributed by atoms with Gasteiger partial charge in [0.05, 0.1) is 12.5 Å². The van der Waals surface area contributed by atoms with Crippen molar-refractivity contribution < 1.29 is 9.53 Å². The Hall–Kier alpha value is -0.610. The lowest BCUT2D eigenvalue weighted by atomic mass is 9.91. The zero-order chi connectivity index (χ0) is 12.7. The zero-order valence-electron chi connectivity index (χ0n) is 11.3. The van der Waals surface area contributed by atoms with Crippen LogP contribution in [0.15, 0.2) is 0 Å². The lowest BCUT2D eigenvalue weighted by molar-refractivity contribution is -0.126. The van der Waals surface area contributed by atoms with Crippen LogP contribution in [-0.2, 0) is 9.53 Å². The molecule has 0 spiro atoms. The molecular formula is C13H26N2O2. The molecule has 4 nitrogen and oxygen atoms in total. The summed E-state index contributed by atoms with van der Waals surface area (Å²) in [6, 6.07) is 0.292. The van der Waals surface area contributed by atoms with E-state index >= 15 is 0 Å². The molecule has 2 N–H and O–H groups in total. The molecule has 1 aliphatic heterocycles. The van der Waals surface area contributed by atoms with Gasteiger partial charge >= 0.3 is 0 Å². The van der Waals surface area contributed by atoms with Crippen molar-refractivity contribution >= 4 is 5.91 Å². The van der Waals surface area contributed by atoms with Crippen LogP contribution in [0.1, 0.15) is 33.6 Å². The molecule has 1 saturated heterocycles. The summed E-state index contributed by atoms with van der Waals surface area (Å²) in [6.07, 6.45) is 2.08. The van der Waals surface area contributed by atoms with E-state index in [-0.39, 0.29) is 11.8 Å². The number of rotatable bonds is 6. The first-order valence-corrected chi connectivity index (χ1v) is 6.70. The Labute approximate surface area is 104 Å². The maximum Gasteiger partial charge on any atom is 0.224 e. The van der Waals surface area contributed by atoms with Gasteiger partial charge in [-0.3, -0.25) is 4.79 Å². The third-order valence-corrected chi connectivity index (χ3v) is 3.10. The standard InChI is InChI=1S/C13H26N2O2/c1-10(2)9-17-8-7-15-13(16)12-5-4-6-14-11(12)3/h10-12,14H,4-9H2,1-3H3,(H,15,16). The number of ether oxygens (including phenoxy) is 1. The second kappa shape index (κ2) is 7.67. The second-order valence-corrected chi connectivity index (χ2v) is 5.25. The first-order chi connectivity index (χ1) is 8.11. The van der Waals surface area contributed by atoms with Gasteiger partial charge in [-0.05, 0) is 32.2 Å². The summed E-state index contributed by atoms with van der Waals surface area (Å²) in [6.45, 7) is 9.34. The topological polar surface area (TPSA) is 50.4 Å². The minimum atomic E-state index is 0.119. The quantitative estimate of drug-likeness (QED) is 0.687. The Morgan fingerprint density at radius 3 is 2.94 bits per heavy atom. The molecule has 0 aromatic carbocycles. The molecule has 4 heteroatoms. The fourth-order valence-corrected chi connectivity index (χ4v) is 2.10. The lowest BCUT2D eigenvalue weighted by Crippen LogP contribution is -2.47.